The van der Waals surface area contributed by atoms with Gasteiger partial charge in [0.1, 0.15) is 30.5 Å². The molecule has 0 saturated heterocycles. The third-order valence-corrected chi connectivity index (χ3v) is 5.12. The normalized spacial score (nSPS) is 15.4. The van der Waals surface area contributed by atoms with Crippen molar-refractivity contribution >= 4 is 28.8 Å². The molecule has 0 aliphatic carbocycles. The van der Waals surface area contributed by atoms with E-state index in [2.05, 4.69) is 5.32 Å². The first-order valence-electron chi connectivity index (χ1n) is 9.83. The fraction of sp³-hybridized carbons (Fsp3) is 0.0833. The first kappa shape index (κ1) is 19.7. The zero-order chi connectivity index (χ0) is 22.2. The van der Waals surface area contributed by atoms with Gasteiger partial charge in [-0.1, -0.05) is 24.3 Å². The number of halogens is 2. The summed E-state index contributed by atoms with van der Waals surface area (Å²) in [5.74, 6) is -1.59. The van der Waals surface area contributed by atoms with Crippen LogP contribution in [0.2, 0.25) is 0 Å². The number of fused-ring (bicyclic) bond motifs is 1. The molecule has 0 spiro atoms. The van der Waals surface area contributed by atoms with Crippen LogP contribution < -0.4 is 19.7 Å². The second kappa shape index (κ2) is 7.81. The zero-order valence-electron chi connectivity index (χ0n) is 16.6. The molecule has 32 heavy (non-hydrogen) atoms. The van der Waals surface area contributed by atoms with E-state index in [-0.39, 0.29) is 17.0 Å². The number of ether oxygens (including phenoxy) is 2. The average molecular weight is 434 g/mol. The Hall–Kier alpha value is -4.20. The lowest BCUT2D eigenvalue weighted by Gasteiger charge is -2.19. The monoisotopic (exact) mass is 434 g/mol. The van der Waals surface area contributed by atoms with Crippen LogP contribution in [0.5, 0.6) is 11.5 Å². The van der Waals surface area contributed by atoms with Crippen LogP contribution in [0, 0.1) is 11.6 Å². The Morgan fingerprint density at radius 3 is 2.28 bits per heavy atom. The second-order valence-corrected chi connectivity index (χ2v) is 7.14. The summed E-state index contributed by atoms with van der Waals surface area (Å²) in [4.78, 5) is 27.4. The molecule has 0 aromatic heterocycles. The van der Waals surface area contributed by atoms with Gasteiger partial charge in [-0.3, -0.25) is 9.59 Å². The zero-order valence-corrected chi connectivity index (χ0v) is 16.6. The summed E-state index contributed by atoms with van der Waals surface area (Å²) in [6, 6.07) is 15.7. The number of nitrogens with one attached hydrogen (secondary N) is 1. The van der Waals surface area contributed by atoms with E-state index >= 15 is 0 Å². The molecule has 2 aliphatic heterocycles. The van der Waals surface area contributed by atoms with Crippen molar-refractivity contribution in [1.82, 2.24) is 0 Å². The molecule has 1 N–H and O–H groups in total. The Kier molecular flexibility index (Phi) is 4.82. The van der Waals surface area contributed by atoms with E-state index in [1.54, 1.807) is 18.2 Å². The quantitative estimate of drug-likeness (QED) is 0.626. The maximum Gasteiger partial charge on any atom is 0.282 e. The number of para-hydroxylation sites is 1. The van der Waals surface area contributed by atoms with Crippen LogP contribution in [0.25, 0.3) is 5.57 Å². The smallest absolute Gasteiger partial charge is 0.282 e. The van der Waals surface area contributed by atoms with Crippen molar-refractivity contribution in [3.05, 3.63) is 89.6 Å². The molecule has 0 atom stereocenters. The summed E-state index contributed by atoms with van der Waals surface area (Å²) in [5.41, 5.74) is 0.583. The maximum atomic E-state index is 14.4. The fourth-order valence-corrected chi connectivity index (χ4v) is 3.65. The van der Waals surface area contributed by atoms with Gasteiger partial charge >= 0.3 is 0 Å². The minimum Gasteiger partial charge on any atom is -0.486 e. The minimum atomic E-state index is -0.727. The van der Waals surface area contributed by atoms with Gasteiger partial charge in [-0.25, -0.2) is 13.7 Å². The van der Waals surface area contributed by atoms with E-state index in [0.717, 1.165) is 4.90 Å². The van der Waals surface area contributed by atoms with Crippen LogP contribution >= 0.6 is 0 Å². The number of amides is 2. The maximum absolute atomic E-state index is 14.4. The van der Waals surface area contributed by atoms with Gasteiger partial charge in [0.25, 0.3) is 11.8 Å². The molecule has 0 bridgehead atoms. The molecule has 160 valence electrons. The number of rotatable bonds is 4. The van der Waals surface area contributed by atoms with E-state index in [1.165, 1.54) is 48.5 Å². The van der Waals surface area contributed by atoms with Crippen molar-refractivity contribution in [1.29, 1.82) is 0 Å². The summed E-state index contributed by atoms with van der Waals surface area (Å²) < 4.78 is 39.0. The Bertz CT molecular complexity index is 1270. The molecule has 6 nitrogen and oxygen atoms in total. The van der Waals surface area contributed by atoms with Gasteiger partial charge in [-0.15, -0.1) is 0 Å². The molecule has 0 fully saturated rings. The van der Waals surface area contributed by atoms with Gasteiger partial charge < -0.3 is 14.8 Å². The summed E-state index contributed by atoms with van der Waals surface area (Å²) in [6.45, 7) is 0.822. The molecule has 0 saturated carbocycles. The summed E-state index contributed by atoms with van der Waals surface area (Å²) in [6.07, 6.45) is 0. The Labute approximate surface area is 181 Å². The van der Waals surface area contributed by atoms with Crippen molar-refractivity contribution in [2.24, 2.45) is 0 Å². The van der Waals surface area contributed by atoms with Crippen molar-refractivity contribution < 1.29 is 27.8 Å². The molecule has 2 aliphatic rings. The van der Waals surface area contributed by atoms with E-state index in [4.69, 9.17) is 9.47 Å². The first-order valence-corrected chi connectivity index (χ1v) is 9.83. The van der Waals surface area contributed by atoms with E-state index in [1.807, 2.05) is 0 Å². The van der Waals surface area contributed by atoms with E-state index in [9.17, 15) is 18.4 Å². The highest BCUT2D eigenvalue weighted by Gasteiger charge is 2.41. The SMILES string of the molecule is O=C1C(Nc2ccc3c(c2)OCCO3)=C(c2ccc(F)cc2)C(=O)N1c1ccccc1F. The van der Waals surface area contributed by atoms with Gasteiger partial charge in [-0.05, 0) is 42.0 Å². The number of anilines is 2. The van der Waals surface area contributed by atoms with Crippen LogP contribution in [-0.2, 0) is 9.59 Å². The molecule has 5 rings (SSSR count). The molecule has 2 heterocycles. The lowest BCUT2D eigenvalue weighted by atomic mass is 10.0. The average Bonchev–Trinajstić information content (AvgIpc) is 3.04. The minimum absolute atomic E-state index is 0.00754. The van der Waals surface area contributed by atoms with Gasteiger partial charge in [-0.2, -0.15) is 0 Å². The van der Waals surface area contributed by atoms with Gasteiger partial charge in [0, 0.05) is 11.8 Å². The highest BCUT2D eigenvalue weighted by Crippen LogP contribution is 2.37. The highest BCUT2D eigenvalue weighted by atomic mass is 19.1. The second-order valence-electron chi connectivity index (χ2n) is 7.14. The van der Waals surface area contributed by atoms with Crippen molar-refractivity contribution in [2.75, 3.05) is 23.4 Å². The van der Waals surface area contributed by atoms with Gasteiger partial charge in [0.15, 0.2) is 11.5 Å². The topological polar surface area (TPSA) is 67.9 Å². The van der Waals surface area contributed by atoms with E-state index in [0.29, 0.717) is 36.0 Å². The van der Waals surface area contributed by atoms with Crippen LogP contribution in [-0.4, -0.2) is 25.0 Å². The number of imide groups is 1. The predicted molar refractivity (Wildman–Crippen MR) is 113 cm³/mol. The molecular formula is C24H16F2N2O4. The fourth-order valence-electron chi connectivity index (χ4n) is 3.65. The summed E-state index contributed by atoms with van der Waals surface area (Å²) in [5, 5.41) is 2.97. The number of nitrogens with zero attached hydrogens (tertiary/aromatic N) is 1. The number of hydrogen-bond donors (Lipinski definition) is 1. The highest BCUT2D eigenvalue weighted by molar-refractivity contribution is 6.46. The van der Waals surface area contributed by atoms with Crippen LogP contribution in [0.3, 0.4) is 0 Å². The van der Waals surface area contributed by atoms with Crippen molar-refractivity contribution in [3.63, 3.8) is 0 Å². The summed E-state index contributed by atoms with van der Waals surface area (Å²) in [7, 11) is 0. The Morgan fingerprint density at radius 2 is 1.53 bits per heavy atom. The molecule has 2 amide bonds. The number of hydrogen-bond acceptors (Lipinski definition) is 5. The molecule has 0 unspecified atom stereocenters. The molecule has 0 radical (unpaired) electrons. The number of carbonyl (C=O) groups excluding carboxylic acids is 2. The lowest BCUT2D eigenvalue weighted by molar-refractivity contribution is -0.120. The standard InChI is InChI=1S/C24H16F2N2O4/c25-15-7-5-14(6-8-15)21-22(27-16-9-10-19-20(13-16)32-12-11-31-19)24(30)28(23(21)29)18-4-2-1-3-17(18)26/h1-10,13,27H,11-12H2. The number of benzene rings is 3. The predicted octanol–water partition coefficient (Wildman–Crippen LogP) is 4.13. The molecule has 3 aromatic rings. The first-order chi connectivity index (χ1) is 15.5. The lowest BCUT2D eigenvalue weighted by Crippen LogP contribution is -2.33. The molecular weight excluding hydrogens is 418 g/mol. The van der Waals surface area contributed by atoms with Crippen molar-refractivity contribution in [2.45, 2.75) is 0 Å². The van der Waals surface area contributed by atoms with Gasteiger partial charge in [0.2, 0.25) is 0 Å². The Morgan fingerprint density at radius 1 is 0.812 bits per heavy atom. The molecule has 8 heteroatoms. The van der Waals surface area contributed by atoms with Crippen LogP contribution in [0.15, 0.2) is 72.4 Å². The van der Waals surface area contributed by atoms with E-state index < -0.39 is 23.4 Å². The summed E-state index contributed by atoms with van der Waals surface area (Å²) >= 11 is 0. The van der Waals surface area contributed by atoms with Crippen LogP contribution in [0.1, 0.15) is 5.56 Å². The molecule has 3 aromatic carbocycles. The third-order valence-electron chi connectivity index (χ3n) is 5.12. The van der Waals surface area contributed by atoms with Gasteiger partial charge in [0.05, 0.1) is 11.3 Å². The largest absolute Gasteiger partial charge is 0.486 e. The third kappa shape index (κ3) is 3.35. The number of carbonyl (C=O) groups is 2. The van der Waals surface area contributed by atoms with Crippen molar-refractivity contribution in [3.8, 4) is 11.5 Å². The van der Waals surface area contributed by atoms with Crippen LogP contribution in [0.4, 0.5) is 20.2 Å². The Balaban J connectivity index is 1.60.